The second kappa shape index (κ2) is 10.2. The van der Waals surface area contributed by atoms with Gasteiger partial charge in [0.25, 0.3) is 5.91 Å². The number of hydrogen-bond donors (Lipinski definition) is 1. The summed E-state index contributed by atoms with van der Waals surface area (Å²) in [5.74, 6) is -1.41. The zero-order chi connectivity index (χ0) is 21.5. The highest BCUT2D eigenvalue weighted by molar-refractivity contribution is 5.99. The van der Waals surface area contributed by atoms with Gasteiger partial charge in [-0.2, -0.15) is 5.10 Å². The number of hydrogen-bond acceptors (Lipinski definition) is 5. The van der Waals surface area contributed by atoms with E-state index in [2.05, 4.69) is 22.4 Å². The quantitative estimate of drug-likeness (QED) is 0.557. The average Bonchev–Trinajstić information content (AvgIpc) is 2.77. The minimum Gasteiger partial charge on any atom is -0.481 e. The molecule has 0 unspecified atom stereocenters. The van der Waals surface area contributed by atoms with Gasteiger partial charge in [0.15, 0.2) is 18.2 Å². The molecule has 1 heterocycles. The largest absolute Gasteiger partial charge is 0.481 e. The molecule has 1 amide bonds. The zero-order valence-corrected chi connectivity index (χ0v) is 17.2. The van der Waals surface area contributed by atoms with Gasteiger partial charge in [0, 0.05) is 31.7 Å². The molecule has 0 atom stereocenters. The van der Waals surface area contributed by atoms with Crippen molar-refractivity contribution in [1.29, 1.82) is 0 Å². The van der Waals surface area contributed by atoms with Crippen LogP contribution in [0.2, 0.25) is 0 Å². The molecule has 2 aromatic rings. The summed E-state index contributed by atoms with van der Waals surface area (Å²) in [6.45, 7) is 7.82. The van der Waals surface area contributed by atoms with Gasteiger partial charge in [-0.25, -0.2) is 14.2 Å². The van der Waals surface area contributed by atoms with Gasteiger partial charge in [0.1, 0.15) is 5.82 Å². The lowest BCUT2D eigenvalue weighted by molar-refractivity contribution is -0.123. The number of carbonyl (C=O) groups excluding carboxylic acids is 1. The fourth-order valence-electron chi connectivity index (χ4n) is 3.24. The fourth-order valence-corrected chi connectivity index (χ4v) is 3.24. The molecule has 1 aliphatic rings. The van der Waals surface area contributed by atoms with Crippen molar-refractivity contribution in [3.8, 4) is 5.75 Å². The van der Waals surface area contributed by atoms with Crippen LogP contribution in [0.15, 0.2) is 47.6 Å². The Hall–Kier alpha value is -3.00. The first-order chi connectivity index (χ1) is 14.5. The Bertz CT molecular complexity index is 912. The molecule has 0 radical (unpaired) electrons. The third-order valence-corrected chi connectivity index (χ3v) is 5.07. The van der Waals surface area contributed by atoms with Crippen LogP contribution in [-0.4, -0.2) is 55.8 Å². The second-order valence-electron chi connectivity index (χ2n) is 7.04. The maximum Gasteiger partial charge on any atom is 0.277 e. The number of nitrogens with zero attached hydrogens (tertiary/aromatic N) is 3. The van der Waals surface area contributed by atoms with E-state index in [1.807, 2.05) is 4.90 Å². The predicted octanol–water partition coefficient (Wildman–Crippen LogP) is 3.03. The summed E-state index contributed by atoms with van der Waals surface area (Å²) in [5, 5.41) is 3.99. The van der Waals surface area contributed by atoms with Crippen LogP contribution in [0.3, 0.4) is 0 Å². The van der Waals surface area contributed by atoms with E-state index < -0.39 is 11.7 Å². The molecule has 160 valence electrons. The lowest BCUT2D eigenvalue weighted by Gasteiger charge is -2.35. The number of para-hydroxylation sites is 1. The van der Waals surface area contributed by atoms with Gasteiger partial charge in [-0.15, -0.1) is 0 Å². The molecule has 1 N–H and O–H groups in total. The summed E-state index contributed by atoms with van der Waals surface area (Å²) in [6, 6.07) is 10.8. The molecule has 6 nitrogen and oxygen atoms in total. The Morgan fingerprint density at radius 1 is 1.10 bits per heavy atom. The van der Waals surface area contributed by atoms with Crippen LogP contribution >= 0.6 is 0 Å². The number of ether oxygens (including phenoxy) is 1. The van der Waals surface area contributed by atoms with E-state index in [1.54, 1.807) is 25.1 Å². The predicted molar refractivity (Wildman–Crippen MR) is 113 cm³/mol. The molecule has 3 rings (SSSR count). The van der Waals surface area contributed by atoms with Crippen LogP contribution in [0.1, 0.15) is 19.4 Å². The molecule has 0 bridgehead atoms. The van der Waals surface area contributed by atoms with E-state index in [4.69, 9.17) is 4.74 Å². The topological polar surface area (TPSA) is 57.2 Å². The van der Waals surface area contributed by atoms with Gasteiger partial charge >= 0.3 is 0 Å². The van der Waals surface area contributed by atoms with Gasteiger partial charge in [0.2, 0.25) is 0 Å². The lowest BCUT2D eigenvalue weighted by Crippen LogP contribution is -2.46. The van der Waals surface area contributed by atoms with E-state index in [-0.39, 0.29) is 18.2 Å². The van der Waals surface area contributed by atoms with Crippen molar-refractivity contribution in [1.82, 2.24) is 10.3 Å². The number of halogens is 2. The highest BCUT2D eigenvalue weighted by atomic mass is 19.1. The first-order valence-electron chi connectivity index (χ1n) is 9.95. The number of rotatable bonds is 7. The highest BCUT2D eigenvalue weighted by Crippen LogP contribution is 2.22. The molecule has 1 saturated heterocycles. The minimum absolute atomic E-state index is 0.00854. The normalized spacial score (nSPS) is 15.2. The number of carbonyl (C=O) groups is 1. The van der Waals surface area contributed by atoms with E-state index in [9.17, 15) is 13.6 Å². The molecule has 0 saturated carbocycles. The van der Waals surface area contributed by atoms with Crippen LogP contribution in [0, 0.1) is 11.6 Å². The van der Waals surface area contributed by atoms with Gasteiger partial charge in [0.05, 0.1) is 11.4 Å². The number of hydrazone groups is 1. The van der Waals surface area contributed by atoms with Crippen molar-refractivity contribution >= 4 is 17.3 Å². The molecular formula is C22H26F2N4O2. The van der Waals surface area contributed by atoms with Crippen molar-refractivity contribution in [2.45, 2.75) is 13.8 Å². The number of nitrogens with one attached hydrogen (secondary N) is 1. The SMILES string of the molecule is CCN1CCN(c2ccc(/C(C)=N\NC(=O)COc3ccccc3F)cc2F)CC1. The molecular weight excluding hydrogens is 390 g/mol. The summed E-state index contributed by atoms with van der Waals surface area (Å²) < 4.78 is 33.3. The van der Waals surface area contributed by atoms with Crippen LogP contribution < -0.4 is 15.1 Å². The first kappa shape index (κ1) is 21.7. The number of amides is 1. The van der Waals surface area contributed by atoms with Gasteiger partial charge in [-0.3, -0.25) is 4.79 Å². The smallest absolute Gasteiger partial charge is 0.277 e. The van der Waals surface area contributed by atoms with Crippen LogP contribution in [-0.2, 0) is 4.79 Å². The number of piperazine rings is 1. The summed E-state index contributed by atoms with van der Waals surface area (Å²) in [5.41, 5.74) is 3.94. The Kier molecular flexibility index (Phi) is 7.35. The molecule has 0 aromatic heterocycles. The van der Waals surface area contributed by atoms with Crippen LogP contribution in [0.5, 0.6) is 5.75 Å². The molecule has 0 aliphatic carbocycles. The summed E-state index contributed by atoms with van der Waals surface area (Å²) in [7, 11) is 0. The molecule has 1 fully saturated rings. The molecule has 0 spiro atoms. The van der Waals surface area contributed by atoms with Gasteiger partial charge < -0.3 is 14.5 Å². The maximum atomic E-state index is 14.7. The summed E-state index contributed by atoms with van der Waals surface area (Å²) in [6.07, 6.45) is 0. The molecule has 8 heteroatoms. The van der Waals surface area contributed by atoms with E-state index in [1.165, 1.54) is 24.3 Å². The van der Waals surface area contributed by atoms with E-state index in [0.717, 1.165) is 32.7 Å². The van der Waals surface area contributed by atoms with Crippen LogP contribution in [0.4, 0.5) is 14.5 Å². The average molecular weight is 416 g/mol. The first-order valence-corrected chi connectivity index (χ1v) is 9.95. The highest BCUT2D eigenvalue weighted by Gasteiger charge is 2.19. The Balaban J connectivity index is 1.56. The Labute approximate surface area is 175 Å². The standard InChI is InChI=1S/C22H26F2N4O2/c1-3-27-10-12-28(13-11-27)20-9-8-17(14-19(20)24)16(2)25-26-22(29)15-30-21-7-5-4-6-18(21)23/h4-9,14H,3,10-13,15H2,1-2H3,(H,26,29)/b25-16-. The van der Waals surface area contributed by atoms with Gasteiger partial charge in [-0.1, -0.05) is 25.1 Å². The fraction of sp³-hybridized carbons (Fsp3) is 0.364. The molecule has 1 aliphatic heterocycles. The van der Waals surface area contributed by atoms with Crippen LogP contribution in [0.25, 0.3) is 0 Å². The third kappa shape index (κ3) is 5.54. The summed E-state index contributed by atoms with van der Waals surface area (Å²) >= 11 is 0. The summed E-state index contributed by atoms with van der Waals surface area (Å²) in [4.78, 5) is 16.3. The zero-order valence-electron chi connectivity index (χ0n) is 17.2. The van der Waals surface area contributed by atoms with Crippen molar-refractivity contribution < 1.29 is 18.3 Å². The van der Waals surface area contributed by atoms with Crippen molar-refractivity contribution in [3.63, 3.8) is 0 Å². The number of anilines is 1. The Morgan fingerprint density at radius 2 is 1.83 bits per heavy atom. The maximum absolute atomic E-state index is 14.7. The number of likely N-dealkylation sites (N-methyl/N-ethyl adjacent to an activating group) is 1. The van der Waals surface area contributed by atoms with Crippen molar-refractivity contribution in [2.24, 2.45) is 5.10 Å². The third-order valence-electron chi connectivity index (χ3n) is 5.07. The monoisotopic (exact) mass is 416 g/mol. The van der Waals surface area contributed by atoms with Crippen molar-refractivity contribution in [3.05, 3.63) is 59.7 Å². The van der Waals surface area contributed by atoms with Gasteiger partial charge in [-0.05, 0) is 37.7 Å². The second-order valence-corrected chi connectivity index (χ2v) is 7.04. The Morgan fingerprint density at radius 3 is 2.50 bits per heavy atom. The van der Waals surface area contributed by atoms with E-state index >= 15 is 0 Å². The molecule has 2 aromatic carbocycles. The van der Waals surface area contributed by atoms with E-state index in [0.29, 0.717) is 17.0 Å². The number of benzene rings is 2. The van der Waals surface area contributed by atoms with Crippen molar-refractivity contribution in [2.75, 3.05) is 44.2 Å². The molecule has 30 heavy (non-hydrogen) atoms. The minimum atomic E-state index is -0.545. The lowest BCUT2D eigenvalue weighted by atomic mass is 10.1.